The summed E-state index contributed by atoms with van der Waals surface area (Å²) in [5.74, 6) is -0.682. The van der Waals surface area contributed by atoms with Gasteiger partial charge in [0.1, 0.15) is 0 Å². The van der Waals surface area contributed by atoms with Gasteiger partial charge in [-0.15, -0.1) is 0 Å². The van der Waals surface area contributed by atoms with Crippen LogP contribution in [-0.2, 0) is 0 Å². The number of nitrogens with one attached hydrogen (secondary N) is 1. The van der Waals surface area contributed by atoms with Crippen LogP contribution in [0.5, 0.6) is 0 Å². The molecule has 0 aliphatic rings. The van der Waals surface area contributed by atoms with Gasteiger partial charge in [0.15, 0.2) is 0 Å². The second-order valence-corrected chi connectivity index (χ2v) is 2.24. The highest BCUT2D eigenvalue weighted by molar-refractivity contribution is 7.10. The zero-order valence-electron chi connectivity index (χ0n) is 4.25. The normalized spacial score (nSPS) is 9.33. The number of H-pyrrole nitrogens is 1. The van der Waals surface area contributed by atoms with Gasteiger partial charge in [0.05, 0.1) is 0 Å². The van der Waals surface area contributed by atoms with Gasteiger partial charge < -0.3 is 5.73 Å². The fourth-order valence-electron chi connectivity index (χ4n) is 0.335. The van der Waals surface area contributed by atoms with Crippen molar-refractivity contribution in [2.45, 2.75) is 0 Å². The molecule has 1 aromatic heterocycles. The first-order chi connectivity index (χ1) is 4.20. The number of nitrogens with zero attached hydrogens (tertiary/aromatic N) is 1. The number of hydrogen-bond donors (Lipinski definition) is 2. The highest BCUT2D eigenvalue weighted by Crippen LogP contribution is 1.91. The van der Waals surface area contributed by atoms with Gasteiger partial charge in [-0.25, -0.2) is 5.10 Å². The Bertz CT molecular complexity index is 275. The van der Waals surface area contributed by atoms with Crippen LogP contribution in [0.15, 0.2) is 4.79 Å². The van der Waals surface area contributed by atoms with Crippen molar-refractivity contribution < 1.29 is 4.79 Å². The standard InChI is InChI=1S/C3H3N3O2S/c4-1(7)2-5-6-3(8)9-2/h(H2,4,7)(H,6,8). The number of nitrogens with two attached hydrogens (primary N) is 1. The third-order valence-corrected chi connectivity index (χ3v) is 1.41. The molecular formula is C3H3N3O2S. The summed E-state index contributed by atoms with van der Waals surface area (Å²) >= 11 is 0.699. The molecule has 1 rings (SSSR count). The molecule has 3 N–H and O–H groups in total. The summed E-state index contributed by atoms with van der Waals surface area (Å²) in [6.45, 7) is 0. The van der Waals surface area contributed by atoms with Gasteiger partial charge in [-0.05, 0) is 11.3 Å². The molecule has 1 amide bonds. The molecule has 0 fully saturated rings. The minimum absolute atomic E-state index is 0.0139. The predicted octanol–water partition coefficient (Wildman–Crippen LogP) is -1.07. The van der Waals surface area contributed by atoms with E-state index in [0.29, 0.717) is 11.3 Å². The summed E-state index contributed by atoms with van der Waals surface area (Å²) in [5, 5.41) is 5.40. The molecule has 0 spiro atoms. The molecule has 1 heterocycles. The first-order valence-corrected chi connectivity index (χ1v) is 2.87. The molecule has 0 radical (unpaired) electrons. The summed E-state index contributed by atoms with van der Waals surface area (Å²) in [5.41, 5.74) is 4.78. The second kappa shape index (κ2) is 1.98. The maximum Gasteiger partial charge on any atom is 0.322 e. The van der Waals surface area contributed by atoms with E-state index in [1.807, 2.05) is 0 Å². The average molecular weight is 145 g/mol. The molecule has 0 unspecified atom stereocenters. The van der Waals surface area contributed by atoms with E-state index in [-0.39, 0.29) is 9.88 Å². The van der Waals surface area contributed by atoms with Gasteiger partial charge in [-0.1, -0.05) is 0 Å². The SMILES string of the molecule is NC(=O)c1n[nH]c(=O)s1. The topological polar surface area (TPSA) is 88.8 Å². The van der Waals surface area contributed by atoms with Crippen molar-refractivity contribution in [3.05, 3.63) is 14.7 Å². The Labute approximate surface area is 53.5 Å². The Morgan fingerprint density at radius 3 is 2.67 bits per heavy atom. The summed E-state index contributed by atoms with van der Waals surface area (Å²) in [6.07, 6.45) is 0. The van der Waals surface area contributed by atoms with E-state index in [1.165, 1.54) is 0 Å². The van der Waals surface area contributed by atoms with Gasteiger partial charge in [-0.3, -0.25) is 9.59 Å². The number of aromatic amines is 1. The lowest BCUT2D eigenvalue weighted by molar-refractivity contribution is 0.0999. The van der Waals surface area contributed by atoms with Crippen LogP contribution in [0.4, 0.5) is 0 Å². The number of primary amides is 1. The molecule has 0 saturated heterocycles. The lowest BCUT2D eigenvalue weighted by Crippen LogP contribution is -2.10. The zero-order chi connectivity index (χ0) is 6.85. The number of amides is 1. The van der Waals surface area contributed by atoms with Crippen LogP contribution < -0.4 is 10.6 Å². The molecule has 0 atom stereocenters. The summed E-state index contributed by atoms with van der Waals surface area (Å²) < 4.78 is 0. The van der Waals surface area contributed by atoms with E-state index in [2.05, 4.69) is 10.2 Å². The smallest absolute Gasteiger partial charge is 0.322 e. The molecule has 48 valence electrons. The third-order valence-electron chi connectivity index (χ3n) is 0.649. The molecule has 0 aromatic carbocycles. The first kappa shape index (κ1) is 5.96. The Morgan fingerprint density at radius 2 is 2.44 bits per heavy atom. The van der Waals surface area contributed by atoms with E-state index in [4.69, 9.17) is 5.73 Å². The Kier molecular flexibility index (Phi) is 1.31. The zero-order valence-corrected chi connectivity index (χ0v) is 5.07. The largest absolute Gasteiger partial charge is 0.363 e. The molecule has 5 nitrogen and oxygen atoms in total. The lowest BCUT2D eigenvalue weighted by atomic mass is 10.7. The van der Waals surface area contributed by atoms with Crippen molar-refractivity contribution in [3.8, 4) is 0 Å². The van der Waals surface area contributed by atoms with E-state index in [1.54, 1.807) is 0 Å². The molecule has 0 saturated carbocycles. The Hall–Kier alpha value is -1.17. The summed E-state index contributed by atoms with van der Waals surface area (Å²) in [6, 6.07) is 0. The van der Waals surface area contributed by atoms with E-state index in [0.717, 1.165) is 0 Å². The molecule has 1 aromatic rings. The number of hydrogen-bond acceptors (Lipinski definition) is 4. The van der Waals surface area contributed by atoms with Crippen LogP contribution >= 0.6 is 11.3 Å². The summed E-state index contributed by atoms with van der Waals surface area (Å²) in [7, 11) is 0. The van der Waals surface area contributed by atoms with Gasteiger partial charge in [-0.2, -0.15) is 5.10 Å². The fraction of sp³-hybridized carbons (Fsp3) is 0. The Morgan fingerprint density at radius 1 is 1.78 bits per heavy atom. The van der Waals surface area contributed by atoms with E-state index < -0.39 is 5.91 Å². The van der Waals surface area contributed by atoms with Gasteiger partial charge in [0.25, 0.3) is 5.91 Å². The number of carbonyl (C=O) groups is 1. The average Bonchev–Trinajstić information content (AvgIpc) is 2.14. The van der Waals surface area contributed by atoms with Gasteiger partial charge >= 0.3 is 4.87 Å². The van der Waals surface area contributed by atoms with Crippen LogP contribution in [0.25, 0.3) is 0 Å². The minimum Gasteiger partial charge on any atom is -0.363 e. The first-order valence-electron chi connectivity index (χ1n) is 2.05. The van der Waals surface area contributed by atoms with Crippen molar-refractivity contribution in [2.24, 2.45) is 5.73 Å². The summed E-state index contributed by atoms with van der Waals surface area (Å²) in [4.78, 5) is 20.1. The molecule has 0 aliphatic carbocycles. The van der Waals surface area contributed by atoms with Crippen molar-refractivity contribution in [1.82, 2.24) is 10.2 Å². The lowest BCUT2D eigenvalue weighted by Gasteiger charge is -1.76. The predicted molar refractivity (Wildman–Crippen MR) is 31.3 cm³/mol. The van der Waals surface area contributed by atoms with Crippen LogP contribution in [0, 0.1) is 0 Å². The number of rotatable bonds is 1. The molecular weight excluding hydrogens is 142 g/mol. The second-order valence-electron chi connectivity index (χ2n) is 1.28. The van der Waals surface area contributed by atoms with Crippen molar-refractivity contribution in [3.63, 3.8) is 0 Å². The van der Waals surface area contributed by atoms with Crippen molar-refractivity contribution >= 4 is 17.2 Å². The van der Waals surface area contributed by atoms with Crippen molar-refractivity contribution in [1.29, 1.82) is 0 Å². The van der Waals surface area contributed by atoms with Crippen LogP contribution in [0.1, 0.15) is 9.80 Å². The molecule has 9 heavy (non-hydrogen) atoms. The van der Waals surface area contributed by atoms with Crippen LogP contribution in [0.3, 0.4) is 0 Å². The van der Waals surface area contributed by atoms with Gasteiger partial charge in [0.2, 0.25) is 5.01 Å². The van der Waals surface area contributed by atoms with E-state index >= 15 is 0 Å². The van der Waals surface area contributed by atoms with Crippen LogP contribution in [0.2, 0.25) is 0 Å². The number of carbonyl (C=O) groups excluding carboxylic acids is 1. The molecule has 0 aliphatic heterocycles. The fourth-order valence-corrected chi connectivity index (χ4v) is 0.794. The van der Waals surface area contributed by atoms with Gasteiger partial charge in [0, 0.05) is 0 Å². The minimum atomic E-state index is -0.682. The number of aromatic nitrogens is 2. The third kappa shape index (κ3) is 1.14. The highest BCUT2D eigenvalue weighted by atomic mass is 32.1. The maximum atomic E-state index is 10.3. The molecule has 6 heteroatoms. The van der Waals surface area contributed by atoms with Crippen LogP contribution in [-0.4, -0.2) is 16.1 Å². The van der Waals surface area contributed by atoms with E-state index in [9.17, 15) is 9.59 Å². The van der Waals surface area contributed by atoms with Crippen molar-refractivity contribution in [2.75, 3.05) is 0 Å². The molecule has 0 bridgehead atoms. The Balaban J connectivity index is 3.12. The quantitative estimate of drug-likeness (QED) is 0.527. The maximum absolute atomic E-state index is 10.3. The monoisotopic (exact) mass is 145 g/mol. The highest BCUT2D eigenvalue weighted by Gasteiger charge is 2.03.